The summed E-state index contributed by atoms with van der Waals surface area (Å²) in [6, 6.07) is 2.04. The van der Waals surface area contributed by atoms with Gasteiger partial charge in [-0.3, -0.25) is 0 Å². The van der Waals surface area contributed by atoms with Crippen LogP contribution in [0.5, 0.6) is 0 Å². The van der Waals surface area contributed by atoms with Crippen LogP contribution in [0.15, 0.2) is 17.3 Å². The molecule has 1 aliphatic heterocycles. The average molecular weight is 305 g/mol. The van der Waals surface area contributed by atoms with Gasteiger partial charge in [0.2, 0.25) is 15.3 Å². The third-order valence-corrected chi connectivity index (χ3v) is 5.35. The second-order valence-electron chi connectivity index (χ2n) is 3.79. The number of halogens is 1. The molecule has 6 nitrogen and oxygen atoms in total. The highest BCUT2D eigenvalue weighted by atomic mass is 35.5. The highest BCUT2D eigenvalue weighted by Gasteiger charge is 2.39. The second kappa shape index (κ2) is 5.01. The zero-order chi connectivity index (χ0) is 13.2. The Morgan fingerprint density at radius 2 is 2.17 bits per heavy atom. The van der Waals surface area contributed by atoms with Crippen molar-refractivity contribution < 1.29 is 8.42 Å². The molecule has 1 aromatic rings. The molecule has 0 bridgehead atoms. The molecule has 0 spiro atoms. The highest BCUT2D eigenvalue weighted by molar-refractivity contribution is 7.99. The van der Waals surface area contributed by atoms with E-state index < -0.39 is 15.6 Å². The van der Waals surface area contributed by atoms with Gasteiger partial charge in [-0.15, -0.1) is 0 Å². The van der Waals surface area contributed by atoms with Gasteiger partial charge in [0, 0.05) is 5.75 Å². The quantitative estimate of drug-likeness (QED) is 0.830. The maximum Gasteiger partial charge on any atom is 0.245 e. The molecule has 1 saturated heterocycles. The highest BCUT2D eigenvalue weighted by Crippen LogP contribution is 2.28. The van der Waals surface area contributed by atoms with Gasteiger partial charge in [-0.05, 0) is 23.8 Å². The van der Waals surface area contributed by atoms with E-state index >= 15 is 0 Å². The number of sulfonamides is 1. The molecular weight excluding hydrogens is 296 g/mol. The molecule has 1 aliphatic rings. The van der Waals surface area contributed by atoms with Gasteiger partial charge in [-0.2, -0.15) is 21.7 Å². The van der Waals surface area contributed by atoms with Crippen LogP contribution in [0.4, 0.5) is 0 Å². The number of aromatic nitrogens is 2. The summed E-state index contributed by atoms with van der Waals surface area (Å²) in [5.74, 6) is 1.20. The van der Waals surface area contributed by atoms with Crippen LogP contribution < -0.4 is 4.72 Å². The number of thioether (sulfide) groups is 1. The first-order valence-electron chi connectivity index (χ1n) is 4.98. The lowest BCUT2D eigenvalue weighted by atomic mass is 10.0. The van der Waals surface area contributed by atoms with Crippen molar-refractivity contribution in [1.29, 1.82) is 5.26 Å². The summed E-state index contributed by atoms with van der Waals surface area (Å²) in [6.07, 6.45) is 2.72. The second-order valence-corrected chi connectivity index (χ2v) is 6.92. The van der Waals surface area contributed by atoms with Gasteiger partial charge in [-0.1, -0.05) is 0 Å². The summed E-state index contributed by atoms with van der Waals surface area (Å²) in [6.45, 7) is 0. The van der Waals surface area contributed by atoms with E-state index in [1.54, 1.807) is 11.8 Å². The van der Waals surface area contributed by atoms with Gasteiger partial charge in [0.1, 0.15) is 10.4 Å². The minimum absolute atomic E-state index is 0.0274. The molecule has 1 atom stereocenters. The molecule has 9 heteroatoms. The zero-order valence-electron chi connectivity index (χ0n) is 9.13. The van der Waals surface area contributed by atoms with E-state index in [1.165, 1.54) is 0 Å². The molecule has 1 unspecified atom stereocenters. The van der Waals surface area contributed by atoms with E-state index in [4.69, 9.17) is 16.9 Å². The van der Waals surface area contributed by atoms with Crippen LogP contribution in [-0.2, 0) is 10.0 Å². The molecule has 0 radical (unpaired) electrons. The first-order chi connectivity index (χ1) is 8.47. The topological polar surface area (TPSA) is 95.7 Å². The molecule has 2 heterocycles. The van der Waals surface area contributed by atoms with Gasteiger partial charge in [0.05, 0.1) is 18.5 Å². The molecule has 0 saturated carbocycles. The van der Waals surface area contributed by atoms with E-state index in [2.05, 4.69) is 14.7 Å². The van der Waals surface area contributed by atoms with Gasteiger partial charge in [0.25, 0.3) is 0 Å². The smallest absolute Gasteiger partial charge is 0.225 e. The average Bonchev–Trinajstić information content (AvgIpc) is 2.78. The Balaban J connectivity index is 2.27. The van der Waals surface area contributed by atoms with Gasteiger partial charge in [0.15, 0.2) is 0 Å². The van der Waals surface area contributed by atoms with Crippen LogP contribution in [0.3, 0.4) is 0 Å². The lowest BCUT2D eigenvalue weighted by Crippen LogP contribution is -2.47. The van der Waals surface area contributed by atoms with Crippen LogP contribution >= 0.6 is 23.4 Å². The van der Waals surface area contributed by atoms with Gasteiger partial charge < -0.3 is 0 Å². The van der Waals surface area contributed by atoms with Crippen molar-refractivity contribution in [3.8, 4) is 6.07 Å². The van der Waals surface area contributed by atoms with Crippen molar-refractivity contribution in [1.82, 2.24) is 14.7 Å². The molecule has 0 amide bonds. The Kier molecular flexibility index (Phi) is 3.77. The largest absolute Gasteiger partial charge is 0.245 e. The fourth-order valence-corrected chi connectivity index (χ4v) is 4.20. The molecule has 0 aliphatic carbocycles. The van der Waals surface area contributed by atoms with E-state index in [0.717, 1.165) is 18.1 Å². The van der Waals surface area contributed by atoms with E-state index in [-0.39, 0.29) is 10.2 Å². The normalized spacial score (nSPS) is 23.8. The molecule has 18 heavy (non-hydrogen) atoms. The first kappa shape index (κ1) is 13.5. The number of nitrogens with one attached hydrogen (secondary N) is 1. The summed E-state index contributed by atoms with van der Waals surface area (Å²) in [5.41, 5.74) is -1.04. The van der Waals surface area contributed by atoms with Crippen molar-refractivity contribution in [2.24, 2.45) is 0 Å². The van der Waals surface area contributed by atoms with Crippen molar-refractivity contribution in [2.45, 2.75) is 16.9 Å². The molecule has 96 valence electrons. The number of nitriles is 1. The van der Waals surface area contributed by atoms with Crippen LogP contribution in [-0.4, -0.2) is 35.4 Å². The molecule has 0 aromatic carbocycles. The van der Waals surface area contributed by atoms with Crippen LogP contribution in [0.25, 0.3) is 0 Å². The van der Waals surface area contributed by atoms with E-state index in [0.29, 0.717) is 12.2 Å². The number of nitrogens with zero attached hydrogens (tertiary/aromatic N) is 3. The first-order valence-corrected chi connectivity index (χ1v) is 8.00. The molecule has 2 rings (SSSR count). The summed E-state index contributed by atoms with van der Waals surface area (Å²) in [7, 11) is -3.80. The standard InChI is InChI=1S/C9H9ClN4O2S2/c10-8-12-3-7(4-13-8)18(15,16)14-9(5-11)1-2-17-6-9/h3-4,14H,1-2,6H2. The monoisotopic (exact) mass is 304 g/mol. The lowest BCUT2D eigenvalue weighted by Gasteiger charge is -2.20. The predicted molar refractivity (Wildman–Crippen MR) is 67.6 cm³/mol. The van der Waals surface area contributed by atoms with Crippen molar-refractivity contribution >= 4 is 33.4 Å². The van der Waals surface area contributed by atoms with E-state index in [9.17, 15) is 8.42 Å². The van der Waals surface area contributed by atoms with Gasteiger partial charge >= 0.3 is 0 Å². The summed E-state index contributed by atoms with van der Waals surface area (Å²) < 4.78 is 26.6. The lowest BCUT2D eigenvalue weighted by molar-refractivity contribution is 0.514. The molecule has 1 N–H and O–H groups in total. The number of rotatable bonds is 3. The minimum atomic E-state index is -3.80. The maximum absolute atomic E-state index is 12.1. The third-order valence-electron chi connectivity index (χ3n) is 2.47. The van der Waals surface area contributed by atoms with Crippen LogP contribution in [0.2, 0.25) is 5.28 Å². The number of hydrogen-bond donors (Lipinski definition) is 1. The Labute approximate surface area is 114 Å². The molecule has 1 fully saturated rings. The summed E-state index contributed by atoms with van der Waals surface area (Å²) in [4.78, 5) is 7.13. The van der Waals surface area contributed by atoms with Crippen LogP contribution in [0, 0.1) is 11.3 Å². The summed E-state index contributed by atoms with van der Waals surface area (Å²) >= 11 is 7.04. The Morgan fingerprint density at radius 1 is 1.50 bits per heavy atom. The van der Waals surface area contributed by atoms with Crippen molar-refractivity contribution in [3.05, 3.63) is 17.7 Å². The maximum atomic E-state index is 12.1. The fraction of sp³-hybridized carbons (Fsp3) is 0.444. The Morgan fingerprint density at radius 3 is 2.67 bits per heavy atom. The predicted octanol–water partition coefficient (Wildman–Crippen LogP) is 0.808. The summed E-state index contributed by atoms with van der Waals surface area (Å²) in [5, 5.41) is 9.10. The SMILES string of the molecule is N#CC1(NS(=O)(=O)c2cnc(Cl)nc2)CCSC1. The number of hydrogen-bond acceptors (Lipinski definition) is 6. The zero-order valence-corrected chi connectivity index (χ0v) is 11.5. The Bertz CT molecular complexity index is 576. The minimum Gasteiger partial charge on any atom is -0.225 e. The van der Waals surface area contributed by atoms with Gasteiger partial charge in [-0.25, -0.2) is 18.4 Å². The third kappa shape index (κ3) is 2.75. The van der Waals surface area contributed by atoms with Crippen molar-refractivity contribution in [2.75, 3.05) is 11.5 Å². The fourth-order valence-electron chi connectivity index (χ4n) is 1.51. The van der Waals surface area contributed by atoms with Crippen LogP contribution in [0.1, 0.15) is 6.42 Å². The molecule has 1 aromatic heterocycles. The Hall–Kier alpha value is -0.880. The molecular formula is C9H9ClN4O2S2. The van der Waals surface area contributed by atoms with E-state index in [1.807, 2.05) is 6.07 Å². The van der Waals surface area contributed by atoms with Crippen molar-refractivity contribution in [3.63, 3.8) is 0 Å².